The van der Waals surface area contributed by atoms with E-state index in [-0.39, 0.29) is 0 Å². The van der Waals surface area contributed by atoms with E-state index >= 15 is 0 Å². The van der Waals surface area contributed by atoms with Crippen LogP contribution in [0.15, 0.2) is 36.6 Å². The lowest BCUT2D eigenvalue weighted by molar-refractivity contribution is 0.593. The zero-order chi connectivity index (χ0) is 9.10. The number of nitrogens with zero attached hydrogens (tertiary/aromatic N) is 2. The van der Waals surface area contributed by atoms with Gasteiger partial charge in [-0.15, -0.1) is 0 Å². The van der Waals surface area contributed by atoms with Crippen LogP contribution in [0.25, 0.3) is 0 Å². The first-order valence-corrected chi connectivity index (χ1v) is 4.48. The minimum Gasteiger partial charge on any atom is -0.329 e. The number of aromatic nitrogens is 2. The minimum absolute atomic E-state index is 0.383. The van der Waals surface area contributed by atoms with E-state index in [0.717, 1.165) is 6.54 Å². The molecule has 0 aromatic carbocycles. The van der Waals surface area contributed by atoms with E-state index in [0.29, 0.717) is 12.5 Å². The fraction of sp³-hybridized carbons (Fsp3) is 0.300. The molecule has 3 nitrogen and oxygen atoms in total. The summed E-state index contributed by atoms with van der Waals surface area (Å²) >= 11 is 0. The number of nitrogens with two attached hydrogens (primary N) is 1. The maximum Gasteiger partial charge on any atom is 0.0535 e. The molecule has 0 fully saturated rings. The Hall–Kier alpha value is -1.35. The smallest absolute Gasteiger partial charge is 0.0535 e. The third-order valence-corrected chi connectivity index (χ3v) is 2.18. The second-order valence-electron chi connectivity index (χ2n) is 3.06. The first-order chi connectivity index (χ1) is 6.42. The molecule has 0 spiro atoms. The van der Waals surface area contributed by atoms with Crippen molar-refractivity contribution in [3.05, 3.63) is 42.3 Å². The van der Waals surface area contributed by atoms with Crippen molar-refractivity contribution in [3.63, 3.8) is 0 Å². The Labute approximate surface area is 77.5 Å². The van der Waals surface area contributed by atoms with Gasteiger partial charge >= 0.3 is 0 Å². The minimum atomic E-state index is 0.383. The number of allylic oxidation sites excluding steroid dienone is 4. The highest BCUT2D eigenvalue weighted by atomic mass is 15.3. The third-order valence-electron chi connectivity index (χ3n) is 2.18. The number of hydrogen-bond donors (Lipinski definition) is 1. The molecule has 1 heterocycles. The molecule has 0 radical (unpaired) electrons. The van der Waals surface area contributed by atoms with Gasteiger partial charge in [0.15, 0.2) is 0 Å². The van der Waals surface area contributed by atoms with Crippen molar-refractivity contribution in [2.75, 3.05) is 6.54 Å². The van der Waals surface area contributed by atoms with E-state index in [1.165, 1.54) is 5.69 Å². The SMILES string of the molecule is NCCn1nccc1C1C=CC=C1. The molecule has 0 saturated heterocycles. The van der Waals surface area contributed by atoms with Crippen LogP contribution in [0.1, 0.15) is 11.6 Å². The number of hydrogen-bond acceptors (Lipinski definition) is 2. The zero-order valence-electron chi connectivity index (χ0n) is 7.43. The Morgan fingerprint density at radius 2 is 2.15 bits per heavy atom. The summed E-state index contributed by atoms with van der Waals surface area (Å²) in [6.07, 6.45) is 10.3. The summed E-state index contributed by atoms with van der Waals surface area (Å²) < 4.78 is 1.96. The topological polar surface area (TPSA) is 43.8 Å². The Balaban J connectivity index is 2.23. The summed E-state index contributed by atoms with van der Waals surface area (Å²) in [5, 5.41) is 4.22. The molecule has 68 valence electrons. The summed E-state index contributed by atoms with van der Waals surface area (Å²) in [6.45, 7) is 1.43. The van der Waals surface area contributed by atoms with Gasteiger partial charge in [-0.25, -0.2) is 0 Å². The fourth-order valence-electron chi connectivity index (χ4n) is 1.56. The molecule has 0 saturated carbocycles. The normalized spacial score (nSPS) is 15.8. The van der Waals surface area contributed by atoms with Crippen molar-refractivity contribution >= 4 is 0 Å². The molecule has 2 N–H and O–H groups in total. The van der Waals surface area contributed by atoms with Gasteiger partial charge in [0.25, 0.3) is 0 Å². The molecular weight excluding hydrogens is 162 g/mol. The van der Waals surface area contributed by atoms with E-state index in [2.05, 4.69) is 29.4 Å². The molecule has 1 aliphatic carbocycles. The van der Waals surface area contributed by atoms with Crippen LogP contribution in [0.2, 0.25) is 0 Å². The fourth-order valence-corrected chi connectivity index (χ4v) is 1.56. The molecule has 0 unspecified atom stereocenters. The van der Waals surface area contributed by atoms with Gasteiger partial charge < -0.3 is 5.73 Å². The van der Waals surface area contributed by atoms with Crippen molar-refractivity contribution < 1.29 is 0 Å². The van der Waals surface area contributed by atoms with Crippen LogP contribution in [0, 0.1) is 0 Å². The summed E-state index contributed by atoms with van der Waals surface area (Å²) in [6, 6.07) is 2.04. The van der Waals surface area contributed by atoms with Crippen LogP contribution >= 0.6 is 0 Å². The molecule has 1 aliphatic rings. The lowest BCUT2D eigenvalue weighted by atomic mass is 10.1. The standard InChI is InChI=1S/C10H13N3/c11-6-8-13-10(5-7-12-13)9-3-1-2-4-9/h1-5,7,9H,6,8,11H2. The van der Waals surface area contributed by atoms with Gasteiger partial charge in [-0.05, 0) is 6.07 Å². The first kappa shape index (κ1) is 8.26. The maximum atomic E-state index is 5.49. The Bertz CT molecular complexity index is 324. The lowest BCUT2D eigenvalue weighted by Gasteiger charge is -2.08. The summed E-state index contributed by atoms with van der Waals surface area (Å²) in [5.41, 5.74) is 6.71. The van der Waals surface area contributed by atoms with Crippen LogP contribution in [-0.2, 0) is 6.54 Å². The van der Waals surface area contributed by atoms with Crippen LogP contribution in [0.5, 0.6) is 0 Å². The highest BCUT2D eigenvalue weighted by Gasteiger charge is 2.11. The Morgan fingerprint density at radius 3 is 2.85 bits per heavy atom. The maximum absolute atomic E-state index is 5.49. The molecule has 0 aliphatic heterocycles. The monoisotopic (exact) mass is 175 g/mol. The van der Waals surface area contributed by atoms with E-state index in [9.17, 15) is 0 Å². The first-order valence-electron chi connectivity index (χ1n) is 4.48. The van der Waals surface area contributed by atoms with Crippen LogP contribution in [0.3, 0.4) is 0 Å². The van der Waals surface area contributed by atoms with Gasteiger partial charge in [-0.2, -0.15) is 5.10 Å². The van der Waals surface area contributed by atoms with Gasteiger partial charge in [0.1, 0.15) is 0 Å². The summed E-state index contributed by atoms with van der Waals surface area (Å²) in [5.74, 6) is 0.383. The van der Waals surface area contributed by atoms with Crippen LogP contribution in [0.4, 0.5) is 0 Å². The Morgan fingerprint density at radius 1 is 1.38 bits per heavy atom. The third kappa shape index (κ3) is 1.55. The molecule has 0 amide bonds. The highest BCUT2D eigenvalue weighted by Crippen LogP contribution is 2.22. The van der Waals surface area contributed by atoms with E-state index in [1.54, 1.807) is 0 Å². The van der Waals surface area contributed by atoms with Gasteiger partial charge in [0.2, 0.25) is 0 Å². The molecule has 1 aromatic rings. The van der Waals surface area contributed by atoms with Crippen LogP contribution < -0.4 is 5.73 Å². The van der Waals surface area contributed by atoms with E-state index < -0.39 is 0 Å². The predicted octanol–water partition coefficient (Wildman–Crippen LogP) is 1.05. The Kier molecular flexibility index (Phi) is 2.27. The molecule has 13 heavy (non-hydrogen) atoms. The average Bonchev–Trinajstić information content (AvgIpc) is 2.71. The quantitative estimate of drug-likeness (QED) is 0.746. The zero-order valence-corrected chi connectivity index (χ0v) is 7.43. The molecule has 0 atom stereocenters. The van der Waals surface area contributed by atoms with Crippen molar-refractivity contribution in [1.29, 1.82) is 0 Å². The van der Waals surface area contributed by atoms with E-state index in [4.69, 9.17) is 5.73 Å². The molecule has 2 rings (SSSR count). The highest BCUT2D eigenvalue weighted by molar-refractivity contribution is 5.30. The van der Waals surface area contributed by atoms with Gasteiger partial charge in [0.05, 0.1) is 6.54 Å². The van der Waals surface area contributed by atoms with E-state index in [1.807, 2.05) is 16.9 Å². The predicted molar refractivity (Wildman–Crippen MR) is 52.3 cm³/mol. The second-order valence-corrected chi connectivity index (χ2v) is 3.06. The largest absolute Gasteiger partial charge is 0.329 e. The van der Waals surface area contributed by atoms with Gasteiger partial charge in [0, 0.05) is 24.4 Å². The average molecular weight is 175 g/mol. The second kappa shape index (κ2) is 3.58. The van der Waals surface area contributed by atoms with Crippen molar-refractivity contribution in [2.24, 2.45) is 5.73 Å². The molecule has 3 heteroatoms. The summed E-state index contributed by atoms with van der Waals surface area (Å²) in [4.78, 5) is 0. The van der Waals surface area contributed by atoms with Gasteiger partial charge in [-0.1, -0.05) is 24.3 Å². The molecular formula is C10H13N3. The van der Waals surface area contributed by atoms with Crippen LogP contribution in [-0.4, -0.2) is 16.3 Å². The molecule has 1 aromatic heterocycles. The lowest BCUT2D eigenvalue weighted by Crippen LogP contribution is -2.14. The van der Waals surface area contributed by atoms with Crippen molar-refractivity contribution in [2.45, 2.75) is 12.5 Å². The number of rotatable bonds is 3. The summed E-state index contributed by atoms with van der Waals surface area (Å²) in [7, 11) is 0. The molecule has 0 bridgehead atoms. The van der Waals surface area contributed by atoms with Gasteiger partial charge in [-0.3, -0.25) is 4.68 Å². The van der Waals surface area contributed by atoms with Crippen molar-refractivity contribution in [3.8, 4) is 0 Å². The van der Waals surface area contributed by atoms with Crippen molar-refractivity contribution in [1.82, 2.24) is 9.78 Å².